The molecule has 0 aliphatic carbocycles. The average Bonchev–Trinajstić information content (AvgIpc) is 3.08. The highest BCUT2D eigenvalue weighted by molar-refractivity contribution is 7.90. The van der Waals surface area contributed by atoms with Crippen LogP contribution in [0, 0.1) is 12.8 Å². The van der Waals surface area contributed by atoms with Gasteiger partial charge in [-0.2, -0.15) is 4.31 Å². The molecular weight excluding hydrogens is 402 g/mol. The highest BCUT2D eigenvalue weighted by Crippen LogP contribution is 2.35. The summed E-state index contributed by atoms with van der Waals surface area (Å²) >= 11 is 6.03. The first kappa shape index (κ1) is 19.4. The number of carbonyl (C=O) groups excluding carboxylic acids is 1. The van der Waals surface area contributed by atoms with Crippen molar-refractivity contribution < 1.29 is 17.7 Å². The van der Waals surface area contributed by atoms with Crippen LogP contribution in [-0.4, -0.2) is 53.6 Å². The minimum Gasteiger partial charge on any atom is -0.361 e. The lowest BCUT2D eigenvalue weighted by Gasteiger charge is -2.21. The topological polar surface area (TPSA) is 83.7 Å². The molecule has 0 spiro atoms. The van der Waals surface area contributed by atoms with E-state index in [9.17, 15) is 13.2 Å². The summed E-state index contributed by atoms with van der Waals surface area (Å²) in [5, 5.41) is 3.93. The van der Waals surface area contributed by atoms with Gasteiger partial charge >= 0.3 is 0 Å². The van der Waals surface area contributed by atoms with Gasteiger partial charge in [-0.3, -0.25) is 4.79 Å². The van der Waals surface area contributed by atoms with Crippen LogP contribution < -0.4 is 0 Å². The molecule has 0 unspecified atom stereocenters. The van der Waals surface area contributed by atoms with E-state index in [0.29, 0.717) is 49.8 Å². The van der Waals surface area contributed by atoms with E-state index in [1.54, 1.807) is 34.3 Å². The zero-order valence-corrected chi connectivity index (χ0v) is 17.1. The Morgan fingerprint density at radius 3 is 2.79 bits per heavy atom. The second-order valence-electron chi connectivity index (χ2n) is 7.46. The van der Waals surface area contributed by atoms with Crippen LogP contribution in [0.2, 0.25) is 5.02 Å². The lowest BCUT2D eigenvalue weighted by molar-refractivity contribution is 0.0748. The number of nitrogens with zero attached hydrogens (tertiary/aromatic N) is 3. The number of rotatable bonds is 3. The maximum atomic E-state index is 13.1. The van der Waals surface area contributed by atoms with Gasteiger partial charge in [0.15, 0.2) is 5.69 Å². The molecule has 0 saturated carbocycles. The van der Waals surface area contributed by atoms with E-state index in [-0.39, 0.29) is 17.5 Å². The minimum atomic E-state index is -3.41. The van der Waals surface area contributed by atoms with Crippen LogP contribution in [0.15, 0.2) is 34.9 Å². The number of hydrogen-bond acceptors (Lipinski definition) is 5. The van der Waals surface area contributed by atoms with E-state index in [4.69, 9.17) is 16.1 Å². The summed E-state index contributed by atoms with van der Waals surface area (Å²) in [6, 6.07) is 8.89. The van der Waals surface area contributed by atoms with Gasteiger partial charge in [0.05, 0.1) is 5.25 Å². The number of fused-ring (bicyclic) bond motifs is 1. The van der Waals surface area contributed by atoms with Gasteiger partial charge in [-0.05, 0) is 43.4 Å². The van der Waals surface area contributed by atoms with Crippen molar-refractivity contribution >= 4 is 27.5 Å². The molecule has 150 valence electrons. The fourth-order valence-electron chi connectivity index (χ4n) is 4.12. The van der Waals surface area contributed by atoms with Gasteiger partial charge in [-0.25, -0.2) is 8.42 Å². The van der Waals surface area contributed by atoms with Crippen molar-refractivity contribution in [2.45, 2.75) is 31.6 Å². The average molecular weight is 424 g/mol. The fourth-order valence-corrected chi connectivity index (χ4v) is 6.56. The third-order valence-corrected chi connectivity index (χ3v) is 8.16. The van der Waals surface area contributed by atoms with Crippen molar-refractivity contribution in [2.75, 3.05) is 19.6 Å². The van der Waals surface area contributed by atoms with Crippen LogP contribution in [0.25, 0.3) is 0 Å². The van der Waals surface area contributed by atoms with E-state index >= 15 is 0 Å². The maximum Gasteiger partial charge on any atom is 0.276 e. The minimum absolute atomic E-state index is 0.0148. The molecule has 2 aromatic rings. The molecule has 28 heavy (non-hydrogen) atoms. The van der Waals surface area contributed by atoms with E-state index in [2.05, 4.69) is 5.16 Å². The molecule has 1 aromatic heterocycles. The number of hydrogen-bond donors (Lipinski definition) is 0. The number of aromatic nitrogens is 1. The number of benzene rings is 1. The first-order valence-corrected chi connectivity index (χ1v) is 11.2. The number of carbonyl (C=O) groups is 1. The van der Waals surface area contributed by atoms with Gasteiger partial charge in [-0.1, -0.05) is 28.9 Å². The molecular formula is C19H22ClN3O4S. The second kappa shape index (κ2) is 7.50. The molecule has 0 bridgehead atoms. The molecule has 2 atom stereocenters. The molecule has 2 aliphatic heterocycles. The highest BCUT2D eigenvalue weighted by Gasteiger charge is 2.47. The van der Waals surface area contributed by atoms with Gasteiger partial charge in [0.1, 0.15) is 5.76 Å². The number of amides is 1. The highest BCUT2D eigenvalue weighted by atomic mass is 35.5. The van der Waals surface area contributed by atoms with Crippen LogP contribution in [0.3, 0.4) is 0 Å². The van der Waals surface area contributed by atoms with Crippen LogP contribution in [0.5, 0.6) is 0 Å². The quantitative estimate of drug-likeness (QED) is 0.757. The van der Waals surface area contributed by atoms with E-state index in [1.807, 2.05) is 12.1 Å². The van der Waals surface area contributed by atoms with Gasteiger partial charge in [0.25, 0.3) is 5.91 Å². The molecule has 7 nitrogen and oxygen atoms in total. The summed E-state index contributed by atoms with van der Waals surface area (Å²) < 4.78 is 32.7. The van der Waals surface area contributed by atoms with Gasteiger partial charge in [-0.15, -0.1) is 0 Å². The summed E-state index contributed by atoms with van der Waals surface area (Å²) in [5.74, 6) is 0.389. The predicted molar refractivity (Wildman–Crippen MR) is 104 cm³/mol. The normalized spacial score (nSPS) is 24.7. The van der Waals surface area contributed by atoms with E-state index < -0.39 is 15.3 Å². The fraction of sp³-hybridized carbons (Fsp3) is 0.474. The Balaban J connectivity index is 1.46. The summed E-state index contributed by atoms with van der Waals surface area (Å²) in [7, 11) is -3.41. The summed E-state index contributed by atoms with van der Waals surface area (Å²) in [5.41, 5.74) is 1.15. The summed E-state index contributed by atoms with van der Waals surface area (Å²) in [4.78, 5) is 14.3. The smallest absolute Gasteiger partial charge is 0.276 e. The number of likely N-dealkylation sites (tertiary alicyclic amines) is 1. The monoisotopic (exact) mass is 423 g/mol. The molecule has 2 saturated heterocycles. The van der Waals surface area contributed by atoms with Crippen LogP contribution in [0.4, 0.5) is 0 Å². The van der Waals surface area contributed by atoms with Crippen molar-refractivity contribution in [2.24, 2.45) is 5.92 Å². The first-order chi connectivity index (χ1) is 13.3. The lowest BCUT2D eigenvalue weighted by Crippen LogP contribution is -2.34. The number of sulfonamides is 1. The summed E-state index contributed by atoms with van der Waals surface area (Å²) in [6.45, 7) is 3.46. The van der Waals surface area contributed by atoms with Gasteiger partial charge in [0.2, 0.25) is 10.0 Å². The van der Waals surface area contributed by atoms with Crippen molar-refractivity contribution in [1.82, 2.24) is 14.4 Å². The van der Waals surface area contributed by atoms with Crippen molar-refractivity contribution in [3.05, 3.63) is 52.4 Å². The second-order valence-corrected chi connectivity index (χ2v) is 10.0. The molecule has 1 amide bonds. The molecule has 2 fully saturated rings. The van der Waals surface area contributed by atoms with Gasteiger partial charge < -0.3 is 9.42 Å². The molecule has 9 heteroatoms. The maximum absolute atomic E-state index is 13.1. The number of halogens is 1. The third-order valence-electron chi connectivity index (χ3n) is 5.54. The van der Waals surface area contributed by atoms with Crippen LogP contribution >= 0.6 is 11.6 Å². The molecule has 3 heterocycles. The lowest BCUT2D eigenvalue weighted by atomic mass is 10.0. The molecule has 2 aliphatic rings. The molecule has 0 N–H and O–H groups in total. The Morgan fingerprint density at radius 1 is 1.29 bits per heavy atom. The molecule has 1 aromatic carbocycles. The van der Waals surface area contributed by atoms with Crippen LogP contribution in [0.1, 0.15) is 34.7 Å². The predicted octanol–water partition coefficient (Wildman–Crippen LogP) is 2.70. The summed E-state index contributed by atoms with van der Waals surface area (Å²) in [6.07, 6.45) is 1.08. The van der Waals surface area contributed by atoms with E-state index in [0.717, 1.165) is 5.56 Å². The molecule has 0 radical (unpaired) electrons. The SMILES string of the molecule is Cc1cc(C(=O)N2CC[C@@H]3CN(Cc4cccc(Cl)c4)S(=O)(=O)[C@@H]3CC2)no1. The Hall–Kier alpha value is -1.90. The van der Waals surface area contributed by atoms with Gasteiger partial charge in [0, 0.05) is 37.3 Å². The largest absolute Gasteiger partial charge is 0.361 e. The van der Waals surface area contributed by atoms with Crippen LogP contribution in [-0.2, 0) is 16.6 Å². The first-order valence-electron chi connectivity index (χ1n) is 9.30. The van der Waals surface area contributed by atoms with Crippen molar-refractivity contribution in [3.8, 4) is 0 Å². The Labute approximate surface area is 169 Å². The number of aryl methyl sites for hydroxylation is 1. The Kier molecular flexibility index (Phi) is 5.20. The zero-order chi connectivity index (χ0) is 19.9. The Morgan fingerprint density at radius 2 is 2.07 bits per heavy atom. The molecule has 4 rings (SSSR count). The Bertz CT molecular complexity index is 991. The zero-order valence-electron chi connectivity index (χ0n) is 15.5. The standard InChI is InChI=1S/C19H22ClN3O4S/c1-13-9-17(21-27-13)19(24)22-7-5-15-12-23(28(25,26)18(15)6-8-22)11-14-3-2-4-16(20)10-14/h2-4,9-10,15,18H,5-8,11-12H2,1H3/t15-,18-/m1/s1. The van der Waals surface area contributed by atoms with E-state index in [1.165, 1.54) is 0 Å². The third kappa shape index (κ3) is 3.68. The van der Waals surface area contributed by atoms with Crippen molar-refractivity contribution in [1.29, 1.82) is 0 Å². The van der Waals surface area contributed by atoms with Crippen molar-refractivity contribution in [3.63, 3.8) is 0 Å².